The van der Waals surface area contributed by atoms with Crippen LogP contribution in [0.25, 0.3) is 6.08 Å². The lowest BCUT2D eigenvalue weighted by atomic mass is 10.1. The number of allylic oxidation sites excluding steroid dienone is 1. The third-order valence-electron chi connectivity index (χ3n) is 1.83. The smallest absolute Gasteiger partial charge is 0.133 e. The number of hydrogen-bond acceptors (Lipinski definition) is 2. The highest BCUT2D eigenvalue weighted by Crippen LogP contribution is 2.18. The van der Waals surface area contributed by atoms with E-state index in [9.17, 15) is 0 Å². The van der Waals surface area contributed by atoms with Crippen LogP contribution in [0, 0.1) is 12.3 Å². The molecule has 0 fully saturated rings. The molecule has 1 aliphatic rings. The maximum Gasteiger partial charge on any atom is 0.133 e. The fraction of sp³-hybridized carbons (Fsp3) is 0. The summed E-state index contributed by atoms with van der Waals surface area (Å²) in [7, 11) is 0. The largest absolute Gasteiger partial charge is 0.277 e. The Morgan fingerprint density at radius 1 is 1.23 bits per heavy atom. The van der Waals surface area contributed by atoms with Crippen molar-refractivity contribution in [1.82, 2.24) is 0 Å². The zero-order valence-electron chi connectivity index (χ0n) is 6.99. The maximum atomic E-state index is 5.24. The number of terminal acetylenes is 1. The lowest BCUT2D eigenvalue weighted by Gasteiger charge is -2.01. The molecule has 0 radical (unpaired) electrons. The summed E-state index contributed by atoms with van der Waals surface area (Å²) in [6.07, 6.45) is 9.01. The SMILES string of the molecule is C#CC1=NNc2ccccc2C=C1. The van der Waals surface area contributed by atoms with Crippen molar-refractivity contribution in [3.8, 4) is 12.3 Å². The quantitative estimate of drug-likeness (QED) is 0.589. The second kappa shape index (κ2) is 3.16. The Hall–Kier alpha value is -2.01. The predicted octanol–water partition coefficient (Wildman–Crippen LogP) is 2.11. The van der Waals surface area contributed by atoms with Crippen molar-refractivity contribution in [2.45, 2.75) is 0 Å². The Labute approximate surface area is 77.0 Å². The van der Waals surface area contributed by atoms with Gasteiger partial charge in [-0.05, 0) is 29.7 Å². The summed E-state index contributed by atoms with van der Waals surface area (Å²) in [4.78, 5) is 0. The second-order valence-electron chi connectivity index (χ2n) is 2.67. The molecule has 0 bridgehead atoms. The van der Waals surface area contributed by atoms with E-state index in [0.717, 1.165) is 11.3 Å². The number of benzene rings is 1. The van der Waals surface area contributed by atoms with E-state index in [1.165, 1.54) is 0 Å². The van der Waals surface area contributed by atoms with E-state index >= 15 is 0 Å². The van der Waals surface area contributed by atoms with Crippen LogP contribution >= 0.6 is 0 Å². The average molecular weight is 168 g/mol. The third kappa shape index (κ3) is 1.45. The van der Waals surface area contributed by atoms with Gasteiger partial charge < -0.3 is 0 Å². The van der Waals surface area contributed by atoms with Crippen molar-refractivity contribution in [1.29, 1.82) is 0 Å². The number of rotatable bonds is 0. The molecule has 0 spiro atoms. The van der Waals surface area contributed by atoms with Crippen LogP contribution in [-0.4, -0.2) is 5.71 Å². The van der Waals surface area contributed by atoms with Crippen molar-refractivity contribution in [3.63, 3.8) is 0 Å². The molecule has 1 aromatic carbocycles. The number of anilines is 1. The highest BCUT2D eigenvalue weighted by atomic mass is 15.3. The molecule has 2 rings (SSSR count). The predicted molar refractivity (Wildman–Crippen MR) is 55.4 cm³/mol. The minimum Gasteiger partial charge on any atom is -0.277 e. The summed E-state index contributed by atoms with van der Waals surface area (Å²) in [5.41, 5.74) is 5.59. The Kier molecular flexibility index (Phi) is 1.85. The standard InChI is InChI=1S/C11H8N2/c1-2-10-8-7-9-5-3-4-6-11(9)13-12-10/h1,3-8,13H. The van der Waals surface area contributed by atoms with Crippen LogP contribution in [0.5, 0.6) is 0 Å². The van der Waals surface area contributed by atoms with Crippen molar-refractivity contribution in [2.24, 2.45) is 5.10 Å². The minimum atomic E-state index is 0.608. The number of nitrogens with zero attached hydrogens (tertiary/aromatic N) is 1. The summed E-state index contributed by atoms with van der Waals surface area (Å²) in [6, 6.07) is 7.90. The Bertz CT molecular complexity index is 422. The molecule has 0 saturated heterocycles. The molecule has 1 heterocycles. The van der Waals surface area contributed by atoms with Gasteiger partial charge >= 0.3 is 0 Å². The van der Waals surface area contributed by atoms with Gasteiger partial charge in [-0.1, -0.05) is 18.2 Å². The molecule has 0 saturated carbocycles. The van der Waals surface area contributed by atoms with Gasteiger partial charge in [0.25, 0.3) is 0 Å². The maximum absolute atomic E-state index is 5.24. The summed E-state index contributed by atoms with van der Waals surface area (Å²) in [5.74, 6) is 2.48. The monoisotopic (exact) mass is 168 g/mol. The Morgan fingerprint density at radius 2 is 2.08 bits per heavy atom. The first kappa shape index (κ1) is 7.63. The lowest BCUT2D eigenvalue weighted by molar-refractivity contribution is 1.35. The van der Waals surface area contributed by atoms with E-state index in [2.05, 4.69) is 16.4 Å². The van der Waals surface area contributed by atoms with E-state index in [1.54, 1.807) is 0 Å². The first-order valence-corrected chi connectivity index (χ1v) is 3.97. The van der Waals surface area contributed by atoms with Gasteiger partial charge in [-0.15, -0.1) is 6.42 Å². The fourth-order valence-corrected chi connectivity index (χ4v) is 1.15. The van der Waals surface area contributed by atoms with Crippen LogP contribution in [0.15, 0.2) is 35.4 Å². The molecule has 0 aliphatic carbocycles. The topological polar surface area (TPSA) is 24.4 Å². The van der Waals surface area contributed by atoms with Gasteiger partial charge in [0.15, 0.2) is 0 Å². The highest BCUT2D eigenvalue weighted by Gasteiger charge is 2.00. The number of hydrazone groups is 1. The zero-order valence-corrected chi connectivity index (χ0v) is 6.99. The Morgan fingerprint density at radius 3 is 2.92 bits per heavy atom. The molecule has 62 valence electrons. The first-order chi connectivity index (χ1) is 6.40. The van der Waals surface area contributed by atoms with Crippen LogP contribution in [0.3, 0.4) is 0 Å². The average Bonchev–Trinajstić information content (AvgIpc) is 2.39. The molecule has 1 aliphatic heterocycles. The van der Waals surface area contributed by atoms with E-state index in [-0.39, 0.29) is 0 Å². The molecule has 0 unspecified atom stereocenters. The second-order valence-corrected chi connectivity index (χ2v) is 2.67. The van der Waals surface area contributed by atoms with Crippen LogP contribution < -0.4 is 5.43 Å². The van der Waals surface area contributed by atoms with Gasteiger partial charge in [0.05, 0.1) is 5.69 Å². The molecule has 0 aromatic heterocycles. The van der Waals surface area contributed by atoms with Crippen molar-refractivity contribution < 1.29 is 0 Å². The molecule has 2 heteroatoms. The third-order valence-corrected chi connectivity index (χ3v) is 1.83. The molecule has 0 atom stereocenters. The van der Waals surface area contributed by atoms with Gasteiger partial charge in [-0.2, -0.15) is 5.10 Å². The normalized spacial score (nSPS) is 13.3. The number of para-hydroxylation sites is 1. The van der Waals surface area contributed by atoms with E-state index < -0.39 is 0 Å². The first-order valence-electron chi connectivity index (χ1n) is 3.97. The summed E-state index contributed by atoms with van der Waals surface area (Å²) >= 11 is 0. The van der Waals surface area contributed by atoms with Crippen molar-refractivity contribution in [3.05, 3.63) is 35.9 Å². The molecule has 1 aromatic rings. The van der Waals surface area contributed by atoms with Gasteiger partial charge in [-0.3, -0.25) is 5.43 Å². The van der Waals surface area contributed by atoms with Crippen LogP contribution in [0.1, 0.15) is 5.56 Å². The number of nitrogens with one attached hydrogen (secondary N) is 1. The fourth-order valence-electron chi connectivity index (χ4n) is 1.15. The number of fused-ring (bicyclic) bond motifs is 1. The van der Waals surface area contributed by atoms with Crippen LogP contribution in [0.2, 0.25) is 0 Å². The van der Waals surface area contributed by atoms with Gasteiger partial charge in [0.1, 0.15) is 5.71 Å². The Balaban J connectivity index is 2.46. The zero-order chi connectivity index (χ0) is 9.10. The molecule has 0 amide bonds. The van der Waals surface area contributed by atoms with Crippen LogP contribution in [0.4, 0.5) is 5.69 Å². The van der Waals surface area contributed by atoms with Crippen LogP contribution in [-0.2, 0) is 0 Å². The molecule has 13 heavy (non-hydrogen) atoms. The molecule has 1 N–H and O–H groups in total. The molecular formula is C11H8N2. The summed E-state index contributed by atoms with van der Waals surface area (Å²) < 4.78 is 0. The van der Waals surface area contributed by atoms with E-state index in [4.69, 9.17) is 6.42 Å². The van der Waals surface area contributed by atoms with Gasteiger partial charge in [-0.25, -0.2) is 0 Å². The summed E-state index contributed by atoms with van der Waals surface area (Å²) in [5, 5.41) is 4.03. The molecule has 2 nitrogen and oxygen atoms in total. The van der Waals surface area contributed by atoms with Crippen molar-refractivity contribution in [2.75, 3.05) is 5.43 Å². The summed E-state index contributed by atoms with van der Waals surface area (Å²) in [6.45, 7) is 0. The molecular weight excluding hydrogens is 160 g/mol. The van der Waals surface area contributed by atoms with Gasteiger partial charge in [0, 0.05) is 0 Å². The van der Waals surface area contributed by atoms with Gasteiger partial charge in [0.2, 0.25) is 0 Å². The van der Waals surface area contributed by atoms with E-state index in [1.807, 2.05) is 36.4 Å². The minimum absolute atomic E-state index is 0.608. The van der Waals surface area contributed by atoms with E-state index in [0.29, 0.717) is 5.71 Å². The number of hydrogen-bond donors (Lipinski definition) is 1. The highest BCUT2D eigenvalue weighted by molar-refractivity contribution is 6.11. The lowest BCUT2D eigenvalue weighted by Crippen LogP contribution is -1.93. The van der Waals surface area contributed by atoms with Crippen molar-refractivity contribution >= 4 is 17.5 Å².